The Bertz CT molecular complexity index is 608. The number of hydrogen-bond acceptors (Lipinski definition) is 3. The van der Waals surface area contributed by atoms with E-state index in [1.807, 2.05) is 20.8 Å². The van der Waals surface area contributed by atoms with Gasteiger partial charge in [-0.2, -0.15) is 0 Å². The third-order valence-electron chi connectivity index (χ3n) is 5.14. The minimum atomic E-state index is -0.638. The highest BCUT2D eigenvalue weighted by Gasteiger charge is 2.43. The Kier molecular flexibility index (Phi) is 4.53. The van der Waals surface area contributed by atoms with Crippen LogP contribution in [-0.4, -0.2) is 30.9 Å². The second-order valence-electron chi connectivity index (χ2n) is 7.00. The molecule has 4 heteroatoms. The lowest BCUT2D eigenvalue weighted by Gasteiger charge is -2.24. The Labute approximate surface area is 137 Å². The van der Waals surface area contributed by atoms with E-state index in [9.17, 15) is 9.59 Å². The number of ketones is 1. The summed E-state index contributed by atoms with van der Waals surface area (Å²) in [6.45, 7) is 7.54. The Morgan fingerprint density at radius 3 is 2.30 bits per heavy atom. The molecule has 2 atom stereocenters. The molecular weight excluding hydrogens is 290 g/mol. The minimum Gasteiger partial charge on any atom is -0.381 e. The van der Waals surface area contributed by atoms with Crippen molar-refractivity contribution in [3.63, 3.8) is 0 Å². The van der Waals surface area contributed by atoms with Crippen LogP contribution in [0.3, 0.4) is 0 Å². The molecule has 4 nitrogen and oxygen atoms in total. The van der Waals surface area contributed by atoms with Gasteiger partial charge in [0, 0.05) is 13.2 Å². The average Bonchev–Trinajstić information content (AvgIpc) is 2.75. The molecule has 0 bridgehead atoms. The summed E-state index contributed by atoms with van der Waals surface area (Å²) in [5.74, 6) is -0.268. The predicted molar refractivity (Wildman–Crippen MR) is 88.5 cm³/mol. The number of nitrogens with one attached hydrogen (secondary N) is 1. The standard InChI is InChI=1S/C19H25NO3/c1-11-8-12(2)16(13(3)9-11)17-18(21)15(20-19(17)22)10-14-4-6-23-7-5-14/h8-9,14-15,17H,4-7,10H2,1-3H3,(H,20,22). The third kappa shape index (κ3) is 3.18. The molecule has 2 saturated heterocycles. The van der Waals surface area contributed by atoms with Gasteiger partial charge < -0.3 is 10.1 Å². The van der Waals surface area contributed by atoms with Crippen LogP contribution in [0, 0.1) is 26.7 Å². The topological polar surface area (TPSA) is 55.4 Å². The number of benzene rings is 1. The Morgan fingerprint density at radius 1 is 1.09 bits per heavy atom. The maximum absolute atomic E-state index is 12.9. The van der Waals surface area contributed by atoms with Crippen molar-refractivity contribution in [3.8, 4) is 0 Å². The highest BCUT2D eigenvalue weighted by molar-refractivity contribution is 6.15. The first-order valence-electron chi connectivity index (χ1n) is 8.47. The summed E-state index contributed by atoms with van der Waals surface area (Å²) >= 11 is 0. The molecule has 0 spiro atoms. The maximum atomic E-state index is 12.9. The number of rotatable bonds is 3. The van der Waals surface area contributed by atoms with Gasteiger partial charge in [-0.25, -0.2) is 0 Å². The van der Waals surface area contributed by atoms with Crippen LogP contribution in [0.25, 0.3) is 0 Å². The lowest BCUT2D eigenvalue weighted by atomic mass is 9.84. The zero-order chi connectivity index (χ0) is 16.6. The fourth-order valence-corrected chi connectivity index (χ4v) is 4.07. The van der Waals surface area contributed by atoms with Crippen LogP contribution in [0.15, 0.2) is 12.1 Å². The smallest absolute Gasteiger partial charge is 0.235 e. The number of amides is 1. The van der Waals surface area contributed by atoms with Crippen molar-refractivity contribution in [2.45, 2.75) is 52.0 Å². The molecule has 1 amide bonds. The number of carbonyl (C=O) groups is 2. The first-order chi connectivity index (χ1) is 11.0. The summed E-state index contributed by atoms with van der Waals surface area (Å²) in [4.78, 5) is 25.3. The monoisotopic (exact) mass is 315 g/mol. The fourth-order valence-electron chi connectivity index (χ4n) is 4.07. The van der Waals surface area contributed by atoms with Crippen LogP contribution in [0.5, 0.6) is 0 Å². The van der Waals surface area contributed by atoms with E-state index in [2.05, 4.69) is 17.4 Å². The van der Waals surface area contributed by atoms with Crippen LogP contribution in [0.1, 0.15) is 47.4 Å². The minimum absolute atomic E-state index is 0.0385. The van der Waals surface area contributed by atoms with Crippen LogP contribution >= 0.6 is 0 Å². The van der Waals surface area contributed by atoms with E-state index >= 15 is 0 Å². The summed E-state index contributed by atoms with van der Waals surface area (Å²) in [6.07, 6.45) is 2.70. The zero-order valence-electron chi connectivity index (χ0n) is 14.1. The molecule has 1 aromatic rings. The molecule has 2 heterocycles. The van der Waals surface area contributed by atoms with E-state index in [4.69, 9.17) is 4.74 Å². The summed E-state index contributed by atoms with van der Waals surface area (Å²) in [6, 6.07) is 3.76. The summed E-state index contributed by atoms with van der Waals surface area (Å²) in [5, 5.41) is 2.94. The quantitative estimate of drug-likeness (QED) is 0.872. The average molecular weight is 315 g/mol. The van der Waals surface area contributed by atoms with E-state index < -0.39 is 5.92 Å². The van der Waals surface area contributed by atoms with Gasteiger partial charge in [-0.15, -0.1) is 0 Å². The van der Waals surface area contributed by atoms with Crippen molar-refractivity contribution >= 4 is 11.7 Å². The number of carbonyl (C=O) groups excluding carboxylic acids is 2. The van der Waals surface area contributed by atoms with Crippen molar-refractivity contribution in [3.05, 3.63) is 34.4 Å². The second kappa shape index (κ2) is 6.44. The molecule has 3 rings (SSSR count). The Hall–Kier alpha value is -1.68. The SMILES string of the molecule is Cc1cc(C)c(C2C(=O)NC(CC3CCOCC3)C2=O)c(C)c1. The molecule has 1 aromatic carbocycles. The van der Waals surface area contributed by atoms with Gasteiger partial charge in [0.1, 0.15) is 5.92 Å². The van der Waals surface area contributed by atoms with Crippen LogP contribution < -0.4 is 5.32 Å². The normalized spacial score (nSPS) is 25.7. The van der Waals surface area contributed by atoms with E-state index in [0.717, 1.165) is 54.7 Å². The van der Waals surface area contributed by atoms with Crippen LogP contribution in [0.4, 0.5) is 0 Å². The van der Waals surface area contributed by atoms with Gasteiger partial charge in [-0.05, 0) is 62.6 Å². The number of ether oxygens (including phenoxy) is 1. The molecule has 1 N–H and O–H groups in total. The van der Waals surface area contributed by atoms with Crippen molar-refractivity contribution in [2.75, 3.05) is 13.2 Å². The van der Waals surface area contributed by atoms with Crippen molar-refractivity contribution in [1.82, 2.24) is 5.32 Å². The van der Waals surface area contributed by atoms with Gasteiger partial charge in [-0.3, -0.25) is 9.59 Å². The van der Waals surface area contributed by atoms with Gasteiger partial charge in [-0.1, -0.05) is 17.7 Å². The Morgan fingerprint density at radius 2 is 1.70 bits per heavy atom. The van der Waals surface area contributed by atoms with E-state index in [-0.39, 0.29) is 17.7 Å². The van der Waals surface area contributed by atoms with E-state index in [0.29, 0.717) is 5.92 Å². The first kappa shape index (κ1) is 16.2. The molecule has 0 radical (unpaired) electrons. The highest BCUT2D eigenvalue weighted by Crippen LogP contribution is 2.33. The van der Waals surface area contributed by atoms with Crippen molar-refractivity contribution in [2.24, 2.45) is 5.92 Å². The molecule has 23 heavy (non-hydrogen) atoms. The molecule has 0 aliphatic carbocycles. The summed E-state index contributed by atoms with van der Waals surface area (Å²) in [5.41, 5.74) is 4.12. The molecule has 2 aliphatic rings. The third-order valence-corrected chi connectivity index (χ3v) is 5.14. The molecule has 2 aliphatic heterocycles. The van der Waals surface area contributed by atoms with E-state index in [1.165, 1.54) is 0 Å². The number of aryl methyl sites for hydroxylation is 3. The maximum Gasteiger partial charge on any atom is 0.235 e. The summed E-state index contributed by atoms with van der Waals surface area (Å²) in [7, 11) is 0. The molecular formula is C19H25NO3. The molecule has 2 fully saturated rings. The van der Waals surface area contributed by atoms with Crippen molar-refractivity contribution < 1.29 is 14.3 Å². The highest BCUT2D eigenvalue weighted by atomic mass is 16.5. The first-order valence-corrected chi connectivity index (χ1v) is 8.47. The molecule has 0 aromatic heterocycles. The van der Waals surface area contributed by atoms with Gasteiger partial charge in [0.2, 0.25) is 5.91 Å². The van der Waals surface area contributed by atoms with Crippen LogP contribution in [0.2, 0.25) is 0 Å². The summed E-state index contributed by atoms with van der Waals surface area (Å²) < 4.78 is 5.37. The van der Waals surface area contributed by atoms with Gasteiger partial charge in [0.25, 0.3) is 0 Å². The van der Waals surface area contributed by atoms with Gasteiger partial charge >= 0.3 is 0 Å². The fraction of sp³-hybridized carbons (Fsp3) is 0.579. The molecule has 0 saturated carbocycles. The van der Waals surface area contributed by atoms with Gasteiger partial charge in [0.05, 0.1) is 6.04 Å². The Balaban J connectivity index is 1.81. The molecule has 2 unspecified atom stereocenters. The largest absolute Gasteiger partial charge is 0.381 e. The lowest BCUT2D eigenvalue weighted by molar-refractivity contribution is -0.124. The van der Waals surface area contributed by atoms with Crippen LogP contribution in [-0.2, 0) is 14.3 Å². The lowest BCUT2D eigenvalue weighted by Crippen LogP contribution is -2.33. The zero-order valence-corrected chi connectivity index (χ0v) is 14.1. The van der Waals surface area contributed by atoms with Gasteiger partial charge in [0.15, 0.2) is 5.78 Å². The number of Topliss-reactive ketones (excluding diaryl/α,β-unsaturated/α-hetero) is 1. The van der Waals surface area contributed by atoms with E-state index in [1.54, 1.807) is 0 Å². The second-order valence-corrected chi connectivity index (χ2v) is 7.00. The van der Waals surface area contributed by atoms with Crippen molar-refractivity contribution in [1.29, 1.82) is 0 Å². The molecule has 124 valence electrons. The predicted octanol–water partition coefficient (Wildman–Crippen LogP) is 2.58. The number of hydrogen-bond donors (Lipinski definition) is 1.